The molecule has 6 nitrogen and oxygen atoms in total. The van der Waals surface area contributed by atoms with Gasteiger partial charge in [0.25, 0.3) is 5.24 Å². The van der Waals surface area contributed by atoms with Crippen LogP contribution >= 0.6 is 11.6 Å². The number of hydrogen-bond donors (Lipinski definition) is 1. The molecular formula is C31H35ClO6. The Hall–Kier alpha value is -3.73. The molecule has 0 fully saturated rings. The maximum atomic E-state index is 11.9. The highest BCUT2D eigenvalue weighted by Crippen LogP contribution is 2.32. The first-order valence-corrected chi connectivity index (χ1v) is 12.5. The van der Waals surface area contributed by atoms with Crippen LogP contribution in [0.3, 0.4) is 0 Å². The third kappa shape index (κ3) is 8.69. The van der Waals surface area contributed by atoms with Crippen molar-refractivity contribution < 1.29 is 23.9 Å². The fourth-order valence-corrected chi connectivity index (χ4v) is 4.42. The Bertz CT molecular complexity index is 1430. The molecule has 1 aromatic heterocycles. The molecule has 0 aliphatic carbocycles. The summed E-state index contributed by atoms with van der Waals surface area (Å²) >= 11 is 5.38. The van der Waals surface area contributed by atoms with Gasteiger partial charge in [-0.2, -0.15) is 0 Å². The number of allylic oxidation sites excluding steroid dienone is 1. The van der Waals surface area contributed by atoms with Crippen LogP contribution in [-0.4, -0.2) is 22.1 Å². The molecule has 1 heterocycles. The van der Waals surface area contributed by atoms with Crippen molar-refractivity contribution in [2.24, 2.45) is 0 Å². The van der Waals surface area contributed by atoms with Crippen molar-refractivity contribution >= 4 is 34.1 Å². The van der Waals surface area contributed by atoms with Crippen molar-refractivity contribution in [2.45, 2.75) is 68.7 Å². The quantitative estimate of drug-likeness (QED) is 0.225. The monoisotopic (exact) mass is 538 g/mol. The van der Waals surface area contributed by atoms with Gasteiger partial charge in [0.1, 0.15) is 34.4 Å². The van der Waals surface area contributed by atoms with Gasteiger partial charge in [0, 0.05) is 11.6 Å². The number of rotatable bonds is 4. The van der Waals surface area contributed by atoms with E-state index in [-0.39, 0.29) is 22.7 Å². The fourth-order valence-electron chi connectivity index (χ4n) is 4.28. The van der Waals surface area contributed by atoms with Crippen molar-refractivity contribution in [1.29, 1.82) is 0 Å². The molecule has 0 spiro atoms. The predicted molar refractivity (Wildman–Crippen MR) is 153 cm³/mol. The molecule has 202 valence electrons. The van der Waals surface area contributed by atoms with E-state index in [2.05, 4.69) is 0 Å². The number of aryl methyl sites for hydroxylation is 7. The summed E-state index contributed by atoms with van der Waals surface area (Å²) in [6.45, 7) is 16.4. The highest BCUT2D eigenvalue weighted by Gasteiger charge is 2.18. The number of hydrogen-bond acceptors (Lipinski definition) is 6. The molecule has 0 radical (unpaired) electrons. The number of benzene rings is 2. The van der Waals surface area contributed by atoms with Gasteiger partial charge < -0.3 is 14.3 Å². The lowest BCUT2D eigenvalue weighted by molar-refractivity contribution is -0.115. The number of Topliss-reactive ketones (excluding diaryl/α,β-unsaturated/α-hetero) is 1. The highest BCUT2D eigenvalue weighted by molar-refractivity contribution is 6.75. The second-order valence-electron chi connectivity index (χ2n) is 9.31. The lowest BCUT2D eigenvalue weighted by Crippen LogP contribution is -2.06. The van der Waals surface area contributed by atoms with Gasteiger partial charge in [0.15, 0.2) is 0 Å². The lowest BCUT2D eigenvalue weighted by atomic mass is 9.93. The summed E-state index contributed by atoms with van der Waals surface area (Å²) in [5.74, 6) is 2.18. The van der Waals surface area contributed by atoms with E-state index in [1.165, 1.54) is 19.9 Å². The number of ketones is 1. The first kappa shape index (κ1) is 32.3. The Morgan fingerprint density at radius 1 is 0.868 bits per heavy atom. The summed E-state index contributed by atoms with van der Waals surface area (Å²) < 4.78 is 5.07. The summed E-state index contributed by atoms with van der Waals surface area (Å²) in [4.78, 5) is 43.3. The van der Waals surface area contributed by atoms with Crippen molar-refractivity contribution in [3.63, 3.8) is 0 Å². The van der Waals surface area contributed by atoms with E-state index in [9.17, 15) is 24.3 Å². The van der Waals surface area contributed by atoms with Crippen LogP contribution in [0.5, 0.6) is 5.75 Å². The van der Waals surface area contributed by atoms with Crippen LogP contribution in [0.15, 0.2) is 39.5 Å². The topological polar surface area (TPSA) is 102 Å². The molecule has 3 aromatic rings. The zero-order valence-corrected chi connectivity index (χ0v) is 24.2. The number of carbonyl (C=O) groups is 2. The van der Waals surface area contributed by atoms with E-state index >= 15 is 0 Å². The van der Waals surface area contributed by atoms with E-state index in [1.807, 2.05) is 65.8 Å². The van der Waals surface area contributed by atoms with Crippen LogP contribution in [0.4, 0.5) is 0 Å². The maximum absolute atomic E-state index is 11.9. The molecule has 38 heavy (non-hydrogen) atoms. The predicted octanol–water partition coefficient (Wildman–Crippen LogP) is 6.69. The van der Waals surface area contributed by atoms with Gasteiger partial charge in [-0.05, 0) is 101 Å². The van der Waals surface area contributed by atoms with Crippen molar-refractivity contribution in [2.75, 3.05) is 0 Å². The Morgan fingerprint density at radius 2 is 1.34 bits per heavy atom. The van der Waals surface area contributed by atoms with Gasteiger partial charge in [0.05, 0.1) is 0 Å². The average molecular weight is 539 g/mol. The zero-order valence-electron chi connectivity index (χ0n) is 23.5. The van der Waals surface area contributed by atoms with Gasteiger partial charge in [0.2, 0.25) is 0 Å². The van der Waals surface area contributed by atoms with Gasteiger partial charge >= 0.3 is 5.63 Å². The summed E-state index contributed by atoms with van der Waals surface area (Å²) in [5, 5.41) is 9.23. The Morgan fingerprint density at radius 3 is 1.76 bits per heavy atom. The first-order valence-electron chi connectivity index (χ1n) is 12.1. The van der Waals surface area contributed by atoms with Crippen molar-refractivity contribution in [3.8, 4) is 16.9 Å². The van der Waals surface area contributed by atoms with Crippen LogP contribution in [0.2, 0.25) is 0 Å². The smallest absolute Gasteiger partial charge is 0.347 e. The van der Waals surface area contributed by atoms with E-state index in [4.69, 9.17) is 16.0 Å². The van der Waals surface area contributed by atoms with Crippen LogP contribution in [-0.2, 0) is 20.8 Å². The largest absolute Gasteiger partial charge is 0.507 e. The molecule has 3 rings (SSSR count). The molecule has 0 unspecified atom stereocenters. The second kappa shape index (κ2) is 14.3. The Kier molecular flexibility index (Phi) is 12.1. The molecule has 0 aliphatic heterocycles. The van der Waals surface area contributed by atoms with Crippen molar-refractivity contribution in [1.82, 2.24) is 0 Å². The van der Waals surface area contributed by atoms with E-state index in [0.29, 0.717) is 11.3 Å². The minimum absolute atomic E-state index is 0.0289. The van der Waals surface area contributed by atoms with Crippen LogP contribution < -0.4 is 5.63 Å². The molecule has 0 aliphatic rings. The van der Waals surface area contributed by atoms with Crippen LogP contribution in [0, 0.1) is 41.5 Å². The Labute approximate surface area is 229 Å². The standard InChI is InChI=1S/C15H16O3.C13H13ClO2.C3H6O/c1-8-5-9(2)13(10(3)6-8)14-12(16)7-11(4)18-15(14)17;1-4-10-6-8(2)5-9(3)12(10)11(7-15)13(14)16;1-3(2)4/h5-7,16H,1-4H3;5-6H,4H2,1-3H3;1-2H3. The molecule has 7 heteroatoms. The minimum Gasteiger partial charge on any atom is -0.507 e. The Balaban J connectivity index is 0.000000335. The third-order valence-corrected chi connectivity index (χ3v) is 5.66. The normalized spacial score (nSPS) is 9.84. The highest BCUT2D eigenvalue weighted by atomic mass is 35.5. The summed E-state index contributed by atoms with van der Waals surface area (Å²) in [6, 6.07) is 9.32. The molecule has 0 atom stereocenters. The molecule has 0 bridgehead atoms. The molecule has 0 saturated carbocycles. The number of halogens is 1. The molecular weight excluding hydrogens is 504 g/mol. The molecule has 0 saturated heterocycles. The second-order valence-corrected chi connectivity index (χ2v) is 9.65. The third-order valence-electron chi connectivity index (χ3n) is 5.47. The average Bonchev–Trinajstić information content (AvgIpc) is 2.76. The van der Waals surface area contributed by atoms with Crippen LogP contribution in [0.25, 0.3) is 16.7 Å². The summed E-state index contributed by atoms with van der Waals surface area (Å²) in [7, 11) is 0. The molecule has 2 aromatic carbocycles. The minimum atomic E-state index is -0.753. The van der Waals surface area contributed by atoms with Gasteiger partial charge in [-0.25, -0.2) is 9.59 Å². The summed E-state index contributed by atoms with van der Waals surface area (Å²) in [5.41, 5.74) is 7.03. The van der Waals surface area contributed by atoms with E-state index in [1.54, 1.807) is 12.9 Å². The lowest BCUT2D eigenvalue weighted by Gasteiger charge is -2.11. The SMILES string of the molecule is CC(C)=O.CCc1cc(C)cc(C)c1C(=C=O)C(=O)Cl.Cc1cc(C)c(-c2c(O)cc(C)oc2=O)c(C)c1. The number of aromatic hydroxyl groups is 1. The van der Waals surface area contributed by atoms with Gasteiger partial charge in [-0.1, -0.05) is 42.3 Å². The van der Waals surface area contributed by atoms with Crippen molar-refractivity contribution in [3.05, 3.63) is 85.5 Å². The fraction of sp³-hybridized carbons (Fsp3) is 0.323. The summed E-state index contributed by atoms with van der Waals surface area (Å²) in [6.07, 6.45) is 0.743. The maximum Gasteiger partial charge on any atom is 0.347 e. The van der Waals surface area contributed by atoms with E-state index < -0.39 is 10.9 Å². The zero-order chi connectivity index (χ0) is 29.3. The number of carbonyl (C=O) groups excluding carboxylic acids is 3. The van der Waals surface area contributed by atoms with Gasteiger partial charge in [-0.3, -0.25) is 4.79 Å². The molecule has 0 amide bonds. The van der Waals surface area contributed by atoms with E-state index in [0.717, 1.165) is 45.4 Å². The molecule has 1 N–H and O–H groups in total. The van der Waals surface area contributed by atoms with Gasteiger partial charge in [-0.15, -0.1) is 0 Å². The van der Waals surface area contributed by atoms with Crippen LogP contribution in [0.1, 0.15) is 65.5 Å². The first-order chi connectivity index (χ1) is 17.6.